The highest BCUT2D eigenvalue weighted by molar-refractivity contribution is 6.84. The molecule has 0 aliphatic rings. The van der Waals surface area contributed by atoms with Crippen LogP contribution in [-0.2, 0) is 29.9 Å². The molecular weight excluding hydrogens is 396 g/mol. The van der Waals surface area contributed by atoms with Gasteiger partial charge in [-0.15, -0.1) is 6.58 Å². The van der Waals surface area contributed by atoms with Gasteiger partial charge in [0.2, 0.25) is 0 Å². The molecule has 164 valence electrons. The van der Waals surface area contributed by atoms with Crippen molar-refractivity contribution in [2.24, 2.45) is 5.41 Å². The fourth-order valence-corrected chi connectivity index (χ4v) is 6.05. The Morgan fingerprint density at radius 3 is 2.03 bits per heavy atom. The second-order valence-corrected chi connectivity index (χ2v) is 12.9. The van der Waals surface area contributed by atoms with Crippen LogP contribution in [-0.4, -0.2) is 39.5 Å². The summed E-state index contributed by atoms with van der Waals surface area (Å²) < 4.78 is 10.4. The first kappa shape index (κ1) is 25.6. The van der Waals surface area contributed by atoms with Crippen molar-refractivity contribution >= 4 is 26.3 Å². The van der Waals surface area contributed by atoms with Crippen LogP contribution in [0.4, 0.5) is 0 Å². The number of hydrogen-bond acceptors (Lipinski definition) is 5. The minimum atomic E-state index is -2.04. The molecule has 0 bridgehead atoms. The van der Waals surface area contributed by atoms with E-state index in [-0.39, 0.29) is 26.1 Å². The van der Waals surface area contributed by atoms with Crippen LogP contribution >= 0.6 is 0 Å². The Morgan fingerprint density at radius 1 is 1.07 bits per heavy atom. The van der Waals surface area contributed by atoms with E-state index in [1.54, 1.807) is 13.8 Å². The van der Waals surface area contributed by atoms with Gasteiger partial charge in [-0.25, -0.2) is 0 Å². The Bertz CT molecular complexity index is 762. The summed E-state index contributed by atoms with van der Waals surface area (Å²) in [6.45, 7) is 13.6. The highest BCUT2D eigenvalue weighted by Crippen LogP contribution is 2.36. The first-order valence-corrected chi connectivity index (χ1v) is 13.5. The van der Waals surface area contributed by atoms with Gasteiger partial charge in [0.25, 0.3) is 0 Å². The fraction of sp³-hybridized carbons (Fsp3) is 0.458. The van der Waals surface area contributed by atoms with Crippen molar-refractivity contribution < 1.29 is 23.9 Å². The smallest absolute Gasteiger partial charge is 0.324 e. The molecule has 0 spiro atoms. The van der Waals surface area contributed by atoms with Crippen molar-refractivity contribution in [3.63, 3.8) is 0 Å². The molecule has 0 fully saturated rings. The maximum Gasteiger partial charge on any atom is 0.324 e. The van der Waals surface area contributed by atoms with E-state index in [2.05, 4.69) is 31.8 Å². The maximum atomic E-state index is 12.9. The van der Waals surface area contributed by atoms with Crippen LogP contribution in [0.25, 0.3) is 0 Å². The van der Waals surface area contributed by atoms with Crippen molar-refractivity contribution in [3.8, 4) is 0 Å². The molecule has 1 aromatic rings. The average Bonchev–Trinajstić information content (AvgIpc) is 2.71. The lowest BCUT2D eigenvalue weighted by atomic mass is 9.78. The van der Waals surface area contributed by atoms with Gasteiger partial charge >= 0.3 is 11.9 Å². The molecule has 0 amide bonds. The molecule has 0 aliphatic carbocycles. The predicted molar refractivity (Wildman–Crippen MR) is 122 cm³/mol. The van der Waals surface area contributed by atoms with E-state index in [0.29, 0.717) is 5.57 Å². The molecule has 0 unspecified atom stereocenters. The SMILES string of the molecule is C=CCC(C/C(C=O)=C(\C)[Si](C)(C)Cc1ccccc1)(C(=O)OCC)C(=O)OCC. The lowest BCUT2D eigenvalue weighted by Gasteiger charge is -2.31. The Labute approximate surface area is 181 Å². The minimum Gasteiger partial charge on any atom is -0.465 e. The van der Waals surface area contributed by atoms with Gasteiger partial charge in [-0.05, 0) is 38.8 Å². The lowest BCUT2D eigenvalue weighted by molar-refractivity contribution is -0.171. The first-order chi connectivity index (χ1) is 14.2. The van der Waals surface area contributed by atoms with Crippen molar-refractivity contribution in [1.29, 1.82) is 0 Å². The average molecular weight is 431 g/mol. The molecule has 0 N–H and O–H groups in total. The Hall–Kier alpha value is -2.47. The van der Waals surface area contributed by atoms with Crippen LogP contribution in [0.1, 0.15) is 39.2 Å². The van der Waals surface area contributed by atoms with Crippen LogP contribution in [0.3, 0.4) is 0 Å². The van der Waals surface area contributed by atoms with Crippen LogP contribution < -0.4 is 0 Å². The molecular formula is C24H34O5Si. The molecule has 0 aliphatic heterocycles. The molecule has 30 heavy (non-hydrogen) atoms. The first-order valence-electron chi connectivity index (χ1n) is 10.3. The minimum absolute atomic E-state index is 0.0377. The normalized spacial score (nSPS) is 12.6. The molecule has 1 aromatic carbocycles. The van der Waals surface area contributed by atoms with Crippen molar-refractivity contribution in [3.05, 3.63) is 59.3 Å². The number of allylic oxidation sites excluding steroid dienone is 3. The maximum absolute atomic E-state index is 12.9. The summed E-state index contributed by atoms with van der Waals surface area (Å²) in [5.74, 6) is -1.36. The number of ether oxygens (including phenoxy) is 2. The van der Waals surface area contributed by atoms with E-state index in [1.807, 2.05) is 25.1 Å². The van der Waals surface area contributed by atoms with E-state index in [1.165, 1.54) is 11.6 Å². The zero-order chi connectivity index (χ0) is 22.8. The quantitative estimate of drug-likeness (QED) is 0.121. The van der Waals surface area contributed by atoms with E-state index < -0.39 is 25.4 Å². The summed E-state index contributed by atoms with van der Waals surface area (Å²) in [6, 6.07) is 11.0. The number of carbonyl (C=O) groups excluding carboxylic acids is 3. The topological polar surface area (TPSA) is 69.7 Å². The Balaban J connectivity index is 3.43. The molecule has 0 heterocycles. The Morgan fingerprint density at radius 2 is 1.60 bits per heavy atom. The third-order valence-electron chi connectivity index (χ3n) is 5.45. The number of hydrogen-bond donors (Lipinski definition) is 0. The van der Waals surface area contributed by atoms with Gasteiger partial charge < -0.3 is 9.47 Å². The summed E-state index contributed by atoms with van der Waals surface area (Å²) >= 11 is 0. The summed E-state index contributed by atoms with van der Waals surface area (Å²) in [4.78, 5) is 37.9. The molecule has 0 saturated carbocycles. The van der Waals surface area contributed by atoms with E-state index >= 15 is 0 Å². The van der Waals surface area contributed by atoms with Crippen molar-refractivity contribution in [2.75, 3.05) is 13.2 Å². The van der Waals surface area contributed by atoms with Crippen LogP contribution in [0.2, 0.25) is 13.1 Å². The fourth-order valence-electron chi connectivity index (χ4n) is 3.51. The van der Waals surface area contributed by atoms with Crippen LogP contribution in [0.5, 0.6) is 0 Å². The van der Waals surface area contributed by atoms with Crippen LogP contribution in [0, 0.1) is 5.41 Å². The number of rotatable bonds is 12. The van der Waals surface area contributed by atoms with E-state index in [4.69, 9.17) is 9.47 Å². The molecule has 0 radical (unpaired) electrons. The van der Waals surface area contributed by atoms with Gasteiger partial charge in [-0.1, -0.05) is 60.3 Å². The third-order valence-corrected chi connectivity index (χ3v) is 9.09. The lowest BCUT2D eigenvalue weighted by Crippen LogP contribution is -2.43. The highest BCUT2D eigenvalue weighted by Gasteiger charge is 2.49. The molecule has 0 atom stereocenters. The van der Waals surface area contributed by atoms with Gasteiger partial charge in [0, 0.05) is 6.42 Å². The van der Waals surface area contributed by atoms with Gasteiger partial charge in [-0.2, -0.15) is 0 Å². The van der Waals surface area contributed by atoms with Crippen LogP contribution in [0.15, 0.2) is 53.8 Å². The van der Waals surface area contributed by atoms with Crippen molar-refractivity contribution in [1.82, 2.24) is 0 Å². The van der Waals surface area contributed by atoms with Gasteiger partial charge in [0.1, 0.15) is 6.29 Å². The van der Waals surface area contributed by atoms with Gasteiger partial charge in [0.05, 0.1) is 21.3 Å². The Kier molecular flexibility index (Phi) is 9.92. The third kappa shape index (κ3) is 6.26. The highest BCUT2D eigenvalue weighted by atomic mass is 28.3. The molecule has 1 rings (SSSR count). The van der Waals surface area contributed by atoms with E-state index in [9.17, 15) is 14.4 Å². The number of esters is 2. The second kappa shape index (κ2) is 11.6. The molecule has 0 saturated heterocycles. The molecule has 0 aromatic heterocycles. The van der Waals surface area contributed by atoms with Gasteiger partial charge in [-0.3, -0.25) is 14.4 Å². The number of carbonyl (C=O) groups is 3. The number of aldehydes is 1. The molecule has 5 nitrogen and oxygen atoms in total. The standard InChI is InChI=1S/C24H34O5Si/c1-7-15-24(22(26)28-8-2,23(27)29-9-3)16-21(17-25)19(4)30(5,6)18-20-13-11-10-12-14-20/h7,10-14,17H,1,8-9,15-16,18H2,2-6H3/b21-19-. The number of benzene rings is 1. The molecule has 6 heteroatoms. The zero-order valence-corrected chi connectivity index (χ0v) is 19.8. The summed E-state index contributed by atoms with van der Waals surface area (Å²) in [5, 5.41) is 0.961. The predicted octanol–water partition coefficient (Wildman–Crippen LogP) is 4.61. The van der Waals surface area contributed by atoms with Gasteiger partial charge in [0.15, 0.2) is 5.41 Å². The monoisotopic (exact) mass is 430 g/mol. The largest absolute Gasteiger partial charge is 0.465 e. The zero-order valence-electron chi connectivity index (χ0n) is 18.8. The van der Waals surface area contributed by atoms with Crippen molar-refractivity contribution in [2.45, 2.75) is 52.8 Å². The summed E-state index contributed by atoms with van der Waals surface area (Å²) in [7, 11) is -2.04. The van der Waals surface area contributed by atoms with E-state index in [0.717, 1.165) is 17.5 Å². The second-order valence-electron chi connectivity index (χ2n) is 8.01. The summed E-state index contributed by atoms with van der Waals surface area (Å²) in [5.41, 5.74) is 0.0557. The summed E-state index contributed by atoms with van der Waals surface area (Å²) in [6.07, 6.45) is 2.25.